The van der Waals surface area contributed by atoms with Gasteiger partial charge in [0.05, 0.1) is 24.9 Å². The molecule has 0 heterocycles. The third-order valence-electron chi connectivity index (χ3n) is 3.26. The normalized spacial score (nSPS) is 27.5. The second-order valence-electron chi connectivity index (χ2n) is 4.57. The van der Waals surface area contributed by atoms with Crippen molar-refractivity contribution in [3.63, 3.8) is 0 Å². The molecule has 18 heavy (non-hydrogen) atoms. The van der Waals surface area contributed by atoms with Crippen molar-refractivity contribution < 1.29 is 9.84 Å². The Labute approximate surface area is 106 Å². The standard InChI is InChI=1S/C13H17N3O2/c14-16-15-12-7-6-11(8-13(12)17)18-9-10-4-2-1-3-5-10/h1-5,11-13,17H,6-9H2/t11-,12+,13+/m0/s1. The Hall–Kier alpha value is -1.55. The number of ether oxygens (including phenoxy) is 1. The van der Waals surface area contributed by atoms with Gasteiger partial charge in [-0.05, 0) is 30.4 Å². The molecule has 1 saturated carbocycles. The van der Waals surface area contributed by atoms with Crippen molar-refractivity contribution in [3.8, 4) is 0 Å². The Balaban J connectivity index is 1.81. The molecule has 0 unspecified atom stereocenters. The number of hydrogen-bond donors (Lipinski definition) is 1. The summed E-state index contributed by atoms with van der Waals surface area (Å²) in [5.74, 6) is 0. The average Bonchev–Trinajstić information content (AvgIpc) is 2.41. The minimum Gasteiger partial charge on any atom is -0.393 e. The molecule has 96 valence electrons. The second-order valence-corrected chi connectivity index (χ2v) is 4.57. The molecule has 0 saturated heterocycles. The third-order valence-corrected chi connectivity index (χ3v) is 3.26. The zero-order valence-corrected chi connectivity index (χ0v) is 10.1. The number of rotatable bonds is 4. The first kappa shape index (κ1) is 12.9. The lowest BCUT2D eigenvalue weighted by Crippen LogP contribution is -2.35. The summed E-state index contributed by atoms with van der Waals surface area (Å²) >= 11 is 0. The highest BCUT2D eigenvalue weighted by Crippen LogP contribution is 2.24. The lowest BCUT2D eigenvalue weighted by molar-refractivity contribution is -0.0299. The maximum Gasteiger partial charge on any atom is 0.0720 e. The van der Waals surface area contributed by atoms with E-state index in [1.807, 2.05) is 30.3 Å². The predicted octanol–water partition coefficient (Wildman–Crippen LogP) is 2.80. The summed E-state index contributed by atoms with van der Waals surface area (Å²) in [4.78, 5) is 2.75. The summed E-state index contributed by atoms with van der Waals surface area (Å²) in [6.07, 6.45) is 1.51. The smallest absolute Gasteiger partial charge is 0.0720 e. The first-order valence-electron chi connectivity index (χ1n) is 6.17. The van der Waals surface area contributed by atoms with E-state index in [1.54, 1.807) is 0 Å². The first-order chi connectivity index (χ1) is 8.79. The highest BCUT2D eigenvalue weighted by atomic mass is 16.5. The molecule has 0 amide bonds. The summed E-state index contributed by atoms with van der Waals surface area (Å²) in [7, 11) is 0. The Morgan fingerprint density at radius 3 is 2.78 bits per heavy atom. The fourth-order valence-corrected chi connectivity index (χ4v) is 2.23. The monoisotopic (exact) mass is 247 g/mol. The van der Waals surface area contributed by atoms with E-state index in [4.69, 9.17) is 10.3 Å². The summed E-state index contributed by atoms with van der Waals surface area (Å²) in [6.45, 7) is 0.560. The number of nitrogens with zero attached hydrogens (tertiary/aromatic N) is 3. The van der Waals surface area contributed by atoms with Crippen molar-refractivity contribution in [2.75, 3.05) is 0 Å². The van der Waals surface area contributed by atoms with Gasteiger partial charge in [0, 0.05) is 4.91 Å². The molecular formula is C13H17N3O2. The van der Waals surface area contributed by atoms with Crippen LogP contribution in [0.25, 0.3) is 10.4 Å². The highest BCUT2D eigenvalue weighted by Gasteiger charge is 2.28. The van der Waals surface area contributed by atoms with Crippen LogP contribution in [-0.2, 0) is 11.3 Å². The molecule has 1 aromatic carbocycles. The molecule has 3 atom stereocenters. The van der Waals surface area contributed by atoms with Crippen LogP contribution in [-0.4, -0.2) is 23.4 Å². The summed E-state index contributed by atoms with van der Waals surface area (Å²) in [6, 6.07) is 9.66. The molecule has 1 aliphatic rings. The van der Waals surface area contributed by atoms with Crippen LogP contribution in [0.1, 0.15) is 24.8 Å². The van der Waals surface area contributed by atoms with Crippen LogP contribution in [0.2, 0.25) is 0 Å². The van der Waals surface area contributed by atoms with E-state index in [9.17, 15) is 5.11 Å². The summed E-state index contributed by atoms with van der Waals surface area (Å²) in [5.41, 5.74) is 9.50. The van der Waals surface area contributed by atoms with E-state index in [0.29, 0.717) is 19.4 Å². The van der Waals surface area contributed by atoms with Gasteiger partial charge in [0.15, 0.2) is 0 Å². The van der Waals surface area contributed by atoms with Crippen LogP contribution in [0.3, 0.4) is 0 Å². The topological polar surface area (TPSA) is 78.2 Å². The number of aliphatic hydroxyl groups is 1. The minimum absolute atomic E-state index is 0.0466. The molecule has 1 aromatic rings. The van der Waals surface area contributed by atoms with Gasteiger partial charge in [0.25, 0.3) is 0 Å². The molecule has 5 nitrogen and oxygen atoms in total. The van der Waals surface area contributed by atoms with Gasteiger partial charge >= 0.3 is 0 Å². The van der Waals surface area contributed by atoms with E-state index < -0.39 is 6.10 Å². The van der Waals surface area contributed by atoms with Crippen molar-refractivity contribution in [2.24, 2.45) is 5.11 Å². The van der Waals surface area contributed by atoms with Gasteiger partial charge in [-0.1, -0.05) is 35.4 Å². The minimum atomic E-state index is -0.588. The van der Waals surface area contributed by atoms with Crippen LogP contribution in [0.4, 0.5) is 0 Å². The second kappa shape index (κ2) is 6.40. The van der Waals surface area contributed by atoms with Gasteiger partial charge in [-0.15, -0.1) is 0 Å². The fraction of sp³-hybridized carbons (Fsp3) is 0.538. The van der Waals surface area contributed by atoms with Crippen molar-refractivity contribution in [3.05, 3.63) is 46.3 Å². The first-order valence-corrected chi connectivity index (χ1v) is 6.17. The quantitative estimate of drug-likeness (QED) is 0.504. The maximum absolute atomic E-state index is 9.82. The average molecular weight is 247 g/mol. The van der Waals surface area contributed by atoms with Gasteiger partial charge in [-0.3, -0.25) is 0 Å². The van der Waals surface area contributed by atoms with Gasteiger partial charge in [0.1, 0.15) is 0 Å². The number of hydrogen-bond acceptors (Lipinski definition) is 3. The number of azide groups is 1. The molecule has 0 aliphatic heterocycles. The van der Waals surface area contributed by atoms with Crippen LogP contribution in [0.5, 0.6) is 0 Å². The van der Waals surface area contributed by atoms with Crippen molar-refractivity contribution in [1.29, 1.82) is 0 Å². The van der Waals surface area contributed by atoms with Crippen LogP contribution in [0, 0.1) is 0 Å². The maximum atomic E-state index is 9.82. The van der Waals surface area contributed by atoms with Gasteiger partial charge in [0.2, 0.25) is 0 Å². The molecular weight excluding hydrogens is 230 g/mol. The molecule has 1 fully saturated rings. The SMILES string of the molecule is [N-]=[N+]=N[C@@H]1CC[C@H](OCc2ccccc2)C[C@H]1O. The predicted molar refractivity (Wildman–Crippen MR) is 67.8 cm³/mol. The molecule has 1 N–H and O–H groups in total. The fourth-order valence-electron chi connectivity index (χ4n) is 2.23. The summed E-state index contributed by atoms with van der Waals surface area (Å²) < 4.78 is 5.77. The zero-order chi connectivity index (χ0) is 12.8. The molecule has 0 aromatic heterocycles. The van der Waals surface area contributed by atoms with Crippen molar-refractivity contribution in [1.82, 2.24) is 0 Å². The molecule has 0 radical (unpaired) electrons. The van der Waals surface area contributed by atoms with Crippen LogP contribution < -0.4 is 0 Å². The van der Waals surface area contributed by atoms with Crippen LogP contribution >= 0.6 is 0 Å². The van der Waals surface area contributed by atoms with E-state index in [2.05, 4.69) is 10.0 Å². The van der Waals surface area contributed by atoms with E-state index in [1.165, 1.54) is 0 Å². The highest BCUT2D eigenvalue weighted by molar-refractivity contribution is 5.13. The zero-order valence-electron chi connectivity index (χ0n) is 10.1. The molecule has 0 bridgehead atoms. The number of benzene rings is 1. The lowest BCUT2D eigenvalue weighted by Gasteiger charge is -2.30. The molecule has 0 spiro atoms. The Kier molecular flexibility index (Phi) is 4.59. The Morgan fingerprint density at radius 1 is 1.33 bits per heavy atom. The van der Waals surface area contributed by atoms with E-state index in [0.717, 1.165) is 12.0 Å². The van der Waals surface area contributed by atoms with Crippen molar-refractivity contribution in [2.45, 2.75) is 44.1 Å². The van der Waals surface area contributed by atoms with E-state index >= 15 is 0 Å². The largest absolute Gasteiger partial charge is 0.393 e. The molecule has 2 rings (SSSR count). The van der Waals surface area contributed by atoms with Gasteiger partial charge in [-0.25, -0.2) is 0 Å². The third kappa shape index (κ3) is 3.47. The number of aliphatic hydroxyl groups excluding tert-OH is 1. The van der Waals surface area contributed by atoms with Gasteiger partial charge < -0.3 is 9.84 Å². The van der Waals surface area contributed by atoms with E-state index in [-0.39, 0.29) is 12.1 Å². The summed E-state index contributed by atoms with van der Waals surface area (Å²) in [5, 5.41) is 13.4. The molecule has 5 heteroatoms. The lowest BCUT2D eigenvalue weighted by atomic mass is 9.91. The van der Waals surface area contributed by atoms with Gasteiger partial charge in [-0.2, -0.15) is 0 Å². The van der Waals surface area contributed by atoms with Crippen LogP contribution in [0.15, 0.2) is 35.4 Å². The van der Waals surface area contributed by atoms with Crippen molar-refractivity contribution >= 4 is 0 Å². The Morgan fingerprint density at radius 2 is 2.11 bits per heavy atom. The Bertz CT molecular complexity index is 418. The molecule has 1 aliphatic carbocycles.